The standard InChI is InChI=1S/C16H29N5O3S.HI/c1-16(2,3)6-7-18-15(17-4)20-8-10-21(11-9-20)25(22,23)13-14-5-12-24-19-14;/h5,12H,6-11,13H2,1-4H3,(H,17,18);1H. The number of piperazine rings is 1. The Hall–Kier alpha value is -0.880. The molecule has 1 aliphatic heterocycles. The van der Waals surface area contributed by atoms with Crippen LogP contribution in [0.5, 0.6) is 0 Å². The van der Waals surface area contributed by atoms with E-state index >= 15 is 0 Å². The Kier molecular flexibility index (Phi) is 8.80. The SMILES string of the molecule is CN=C(NCCC(C)(C)C)N1CCN(S(=O)(=O)Cc2ccon2)CC1.I. The lowest BCUT2D eigenvalue weighted by molar-refractivity contribution is 0.258. The van der Waals surface area contributed by atoms with Gasteiger partial charge in [-0.1, -0.05) is 25.9 Å². The average Bonchev–Trinajstić information content (AvgIpc) is 3.03. The lowest BCUT2D eigenvalue weighted by Crippen LogP contribution is -2.54. The van der Waals surface area contributed by atoms with Crippen LogP contribution in [0.25, 0.3) is 0 Å². The fourth-order valence-electron chi connectivity index (χ4n) is 2.65. The molecular formula is C16H30IN5O3S. The summed E-state index contributed by atoms with van der Waals surface area (Å²) in [6.45, 7) is 9.59. The molecule has 1 aromatic heterocycles. The normalized spacial score (nSPS) is 17.1. The van der Waals surface area contributed by atoms with Gasteiger partial charge in [0.15, 0.2) is 5.96 Å². The second kappa shape index (κ2) is 9.88. The fourth-order valence-corrected chi connectivity index (χ4v) is 4.07. The largest absolute Gasteiger partial charge is 0.364 e. The van der Waals surface area contributed by atoms with Gasteiger partial charge < -0.3 is 14.7 Å². The molecular weight excluding hydrogens is 469 g/mol. The Morgan fingerprint density at radius 1 is 1.31 bits per heavy atom. The van der Waals surface area contributed by atoms with E-state index in [1.165, 1.54) is 10.6 Å². The third-order valence-corrected chi connectivity index (χ3v) is 5.94. The predicted molar refractivity (Wildman–Crippen MR) is 113 cm³/mol. The van der Waals surface area contributed by atoms with Crippen LogP contribution in [-0.2, 0) is 15.8 Å². The lowest BCUT2D eigenvalue weighted by atomic mass is 9.92. The van der Waals surface area contributed by atoms with E-state index in [9.17, 15) is 8.42 Å². The summed E-state index contributed by atoms with van der Waals surface area (Å²) in [6, 6.07) is 1.58. The van der Waals surface area contributed by atoms with Crippen molar-refractivity contribution in [3.8, 4) is 0 Å². The average molecular weight is 499 g/mol. The molecule has 0 aliphatic carbocycles. The molecule has 1 N–H and O–H groups in total. The first-order valence-electron chi connectivity index (χ1n) is 8.54. The first-order valence-corrected chi connectivity index (χ1v) is 10.1. The monoisotopic (exact) mass is 499 g/mol. The number of guanidine groups is 1. The van der Waals surface area contributed by atoms with Gasteiger partial charge in [0.25, 0.3) is 0 Å². The van der Waals surface area contributed by atoms with Crippen LogP contribution < -0.4 is 5.32 Å². The molecule has 0 radical (unpaired) electrons. The number of sulfonamides is 1. The summed E-state index contributed by atoms with van der Waals surface area (Å²) in [6.07, 6.45) is 2.42. The highest BCUT2D eigenvalue weighted by Gasteiger charge is 2.29. The quantitative estimate of drug-likeness (QED) is 0.377. The minimum atomic E-state index is -3.37. The van der Waals surface area contributed by atoms with Crippen LogP contribution in [0.1, 0.15) is 32.9 Å². The van der Waals surface area contributed by atoms with Crippen LogP contribution in [0.2, 0.25) is 0 Å². The minimum absolute atomic E-state index is 0. The van der Waals surface area contributed by atoms with Crippen molar-refractivity contribution in [1.82, 2.24) is 19.7 Å². The number of rotatable bonds is 5. The zero-order valence-electron chi connectivity index (χ0n) is 15.9. The van der Waals surface area contributed by atoms with E-state index in [4.69, 9.17) is 4.52 Å². The predicted octanol–water partition coefficient (Wildman–Crippen LogP) is 1.75. The maximum absolute atomic E-state index is 12.5. The van der Waals surface area contributed by atoms with Gasteiger partial charge in [0.2, 0.25) is 10.0 Å². The van der Waals surface area contributed by atoms with Crippen LogP contribution >= 0.6 is 24.0 Å². The molecule has 0 spiro atoms. The highest BCUT2D eigenvalue weighted by molar-refractivity contribution is 14.0. The number of aromatic nitrogens is 1. The summed E-state index contributed by atoms with van der Waals surface area (Å²) in [7, 11) is -1.62. The molecule has 8 nitrogen and oxygen atoms in total. The first-order chi connectivity index (χ1) is 11.7. The van der Waals surface area contributed by atoms with Gasteiger partial charge >= 0.3 is 0 Å². The Morgan fingerprint density at radius 3 is 2.46 bits per heavy atom. The fraction of sp³-hybridized carbons (Fsp3) is 0.750. The molecule has 26 heavy (non-hydrogen) atoms. The van der Waals surface area contributed by atoms with Crippen molar-refractivity contribution in [3.05, 3.63) is 18.0 Å². The van der Waals surface area contributed by atoms with Crippen LogP contribution in [0.15, 0.2) is 21.8 Å². The smallest absolute Gasteiger partial charge is 0.220 e. The number of nitrogens with one attached hydrogen (secondary N) is 1. The van der Waals surface area contributed by atoms with Gasteiger partial charge in [-0.25, -0.2) is 8.42 Å². The summed E-state index contributed by atoms with van der Waals surface area (Å²) >= 11 is 0. The number of nitrogens with zero attached hydrogens (tertiary/aromatic N) is 4. The van der Waals surface area contributed by atoms with Gasteiger partial charge in [-0.2, -0.15) is 4.31 Å². The van der Waals surface area contributed by atoms with Crippen molar-refractivity contribution in [1.29, 1.82) is 0 Å². The Balaban J connectivity index is 0.00000338. The Bertz CT molecular complexity index is 663. The second-order valence-electron chi connectivity index (χ2n) is 7.42. The first kappa shape index (κ1) is 23.2. The molecule has 1 fully saturated rings. The van der Waals surface area contributed by atoms with Gasteiger partial charge in [-0.05, 0) is 11.8 Å². The molecule has 1 saturated heterocycles. The zero-order valence-corrected chi connectivity index (χ0v) is 19.1. The summed E-state index contributed by atoms with van der Waals surface area (Å²) in [4.78, 5) is 6.42. The van der Waals surface area contributed by atoms with Gasteiger partial charge in [0.05, 0.1) is 5.69 Å². The molecule has 0 bridgehead atoms. The molecule has 2 rings (SSSR count). The van der Waals surface area contributed by atoms with Crippen molar-refractivity contribution in [3.63, 3.8) is 0 Å². The number of halogens is 1. The highest BCUT2D eigenvalue weighted by Crippen LogP contribution is 2.17. The zero-order chi connectivity index (χ0) is 18.5. The van der Waals surface area contributed by atoms with E-state index in [2.05, 4.69) is 41.1 Å². The van der Waals surface area contributed by atoms with Crippen LogP contribution in [0, 0.1) is 5.41 Å². The maximum atomic E-state index is 12.5. The summed E-state index contributed by atoms with van der Waals surface area (Å²) < 4.78 is 31.1. The van der Waals surface area contributed by atoms with E-state index in [0.29, 0.717) is 31.9 Å². The molecule has 1 aromatic rings. The third kappa shape index (κ3) is 7.03. The highest BCUT2D eigenvalue weighted by atomic mass is 127. The molecule has 0 saturated carbocycles. The van der Waals surface area contributed by atoms with Gasteiger partial charge in [0.1, 0.15) is 12.0 Å². The van der Waals surface area contributed by atoms with Gasteiger partial charge in [0, 0.05) is 45.8 Å². The van der Waals surface area contributed by atoms with E-state index in [0.717, 1.165) is 18.9 Å². The van der Waals surface area contributed by atoms with Gasteiger partial charge in [-0.3, -0.25) is 4.99 Å². The second-order valence-corrected chi connectivity index (χ2v) is 9.39. The van der Waals surface area contributed by atoms with E-state index in [-0.39, 0.29) is 35.1 Å². The molecule has 10 heteroatoms. The van der Waals surface area contributed by atoms with Crippen LogP contribution in [0.3, 0.4) is 0 Å². The van der Waals surface area contributed by atoms with E-state index in [1.807, 2.05) is 0 Å². The molecule has 2 heterocycles. The number of hydrogen-bond acceptors (Lipinski definition) is 5. The Morgan fingerprint density at radius 2 is 1.96 bits per heavy atom. The van der Waals surface area contributed by atoms with Crippen molar-refractivity contribution in [2.45, 2.75) is 32.9 Å². The van der Waals surface area contributed by atoms with E-state index < -0.39 is 10.0 Å². The molecule has 0 amide bonds. The van der Waals surface area contributed by atoms with Crippen LogP contribution in [-0.4, -0.2) is 68.5 Å². The van der Waals surface area contributed by atoms with E-state index in [1.54, 1.807) is 13.1 Å². The molecule has 0 unspecified atom stereocenters. The van der Waals surface area contributed by atoms with Crippen molar-refractivity contribution < 1.29 is 12.9 Å². The summed E-state index contributed by atoms with van der Waals surface area (Å²) in [5, 5.41) is 7.06. The lowest BCUT2D eigenvalue weighted by Gasteiger charge is -2.36. The molecule has 0 atom stereocenters. The van der Waals surface area contributed by atoms with Crippen molar-refractivity contribution >= 4 is 40.0 Å². The summed E-state index contributed by atoms with van der Waals surface area (Å²) in [5.41, 5.74) is 0.696. The Labute approximate surface area is 173 Å². The topological polar surface area (TPSA) is 91.0 Å². The van der Waals surface area contributed by atoms with Crippen molar-refractivity contribution in [2.24, 2.45) is 10.4 Å². The number of hydrogen-bond donors (Lipinski definition) is 1. The molecule has 1 aliphatic rings. The molecule has 0 aromatic carbocycles. The third-order valence-electron chi connectivity index (χ3n) is 4.12. The molecule has 150 valence electrons. The maximum Gasteiger partial charge on any atom is 0.220 e. The number of aliphatic imine (C=N–C) groups is 1. The summed E-state index contributed by atoms with van der Waals surface area (Å²) in [5.74, 6) is 0.708. The van der Waals surface area contributed by atoms with Gasteiger partial charge in [-0.15, -0.1) is 24.0 Å². The van der Waals surface area contributed by atoms with Crippen LogP contribution in [0.4, 0.5) is 0 Å². The minimum Gasteiger partial charge on any atom is -0.364 e. The van der Waals surface area contributed by atoms with Crippen molar-refractivity contribution in [2.75, 3.05) is 39.8 Å².